The number of anilines is 1. The van der Waals surface area contributed by atoms with Gasteiger partial charge in [0.05, 0.1) is 5.00 Å². The summed E-state index contributed by atoms with van der Waals surface area (Å²) in [7, 11) is 0. The number of carbonyl (C=O) groups excluding carboxylic acids is 1. The van der Waals surface area contributed by atoms with E-state index in [4.69, 9.17) is 5.73 Å². The zero-order chi connectivity index (χ0) is 9.84. The van der Waals surface area contributed by atoms with Crippen molar-refractivity contribution in [1.82, 2.24) is 0 Å². The van der Waals surface area contributed by atoms with Crippen LogP contribution in [0.25, 0.3) is 0 Å². The van der Waals surface area contributed by atoms with Gasteiger partial charge in [0.25, 0.3) is 0 Å². The molecule has 1 amide bonds. The summed E-state index contributed by atoms with van der Waals surface area (Å²) in [6, 6.07) is 3.94. The molecule has 1 aromatic rings. The number of carbonyl (C=O) groups is 1. The number of nitrogens with two attached hydrogens (primary N) is 1. The van der Waals surface area contributed by atoms with Crippen molar-refractivity contribution in [2.75, 3.05) is 5.32 Å². The fourth-order valence-corrected chi connectivity index (χ4v) is 2.03. The highest BCUT2D eigenvalue weighted by Crippen LogP contribution is 2.27. The highest BCUT2D eigenvalue weighted by atomic mass is 32.1. The quantitative estimate of drug-likeness (QED) is 0.781. The molecule has 1 heterocycles. The van der Waals surface area contributed by atoms with Gasteiger partial charge in [0.1, 0.15) is 0 Å². The molecule has 0 radical (unpaired) electrons. The molecule has 0 fully saturated rings. The number of rotatable bonds is 3. The molecule has 0 unspecified atom stereocenters. The monoisotopic (exact) mass is 198 g/mol. The maximum atomic E-state index is 10.7. The molecule has 0 aromatic carbocycles. The van der Waals surface area contributed by atoms with Crippen molar-refractivity contribution in [2.24, 2.45) is 5.73 Å². The van der Waals surface area contributed by atoms with E-state index in [1.165, 1.54) is 18.3 Å². The third kappa shape index (κ3) is 2.82. The molecule has 3 nitrogen and oxygen atoms in total. The van der Waals surface area contributed by atoms with Crippen LogP contribution in [0.4, 0.5) is 5.00 Å². The first-order valence-electron chi connectivity index (χ1n) is 4.26. The second-order valence-electron chi connectivity index (χ2n) is 2.90. The predicted molar refractivity (Wildman–Crippen MR) is 55.8 cm³/mol. The normalized spacial score (nSPS) is 12.5. The summed E-state index contributed by atoms with van der Waals surface area (Å²) in [5.74, 6) is -0.0431. The summed E-state index contributed by atoms with van der Waals surface area (Å²) in [6.07, 6.45) is 0.917. The number of nitrogens with one attached hydrogen (secondary N) is 1. The molecule has 0 aliphatic heterocycles. The average molecular weight is 198 g/mol. The lowest BCUT2D eigenvalue weighted by Crippen LogP contribution is -2.06. The van der Waals surface area contributed by atoms with Crippen LogP contribution in [-0.4, -0.2) is 5.91 Å². The fourth-order valence-electron chi connectivity index (χ4n) is 0.994. The van der Waals surface area contributed by atoms with E-state index in [2.05, 4.69) is 5.32 Å². The molecular formula is C9H14N2OS. The van der Waals surface area contributed by atoms with Crippen molar-refractivity contribution in [3.63, 3.8) is 0 Å². The zero-order valence-electron chi connectivity index (χ0n) is 7.83. The van der Waals surface area contributed by atoms with Crippen molar-refractivity contribution < 1.29 is 4.79 Å². The second-order valence-corrected chi connectivity index (χ2v) is 4.01. The summed E-state index contributed by atoms with van der Waals surface area (Å²) >= 11 is 1.54. The second kappa shape index (κ2) is 4.39. The smallest absolute Gasteiger partial charge is 0.221 e. The molecule has 1 aromatic heterocycles. The van der Waals surface area contributed by atoms with Crippen LogP contribution in [-0.2, 0) is 4.79 Å². The molecule has 0 spiro atoms. The Morgan fingerprint density at radius 1 is 1.69 bits per heavy atom. The maximum Gasteiger partial charge on any atom is 0.221 e. The van der Waals surface area contributed by atoms with Crippen molar-refractivity contribution in [2.45, 2.75) is 26.3 Å². The molecule has 0 saturated heterocycles. The average Bonchev–Trinajstić information content (AvgIpc) is 2.50. The van der Waals surface area contributed by atoms with E-state index in [1.54, 1.807) is 0 Å². The highest BCUT2D eigenvalue weighted by Gasteiger charge is 2.07. The Morgan fingerprint density at radius 2 is 2.38 bits per heavy atom. The Hall–Kier alpha value is -0.870. The lowest BCUT2D eigenvalue weighted by molar-refractivity contribution is -0.114. The molecule has 13 heavy (non-hydrogen) atoms. The number of hydrogen-bond donors (Lipinski definition) is 2. The van der Waals surface area contributed by atoms with Gasteiger partial charge in [-0.3, -0.25) is 4.79 Å². The molecule has 4 heteroatoms. The summed E-state index contributed by atoms with van der Waals surface area (Å²) < 4.78 is 0. The van der Waals surface area contributed by atoms with E-state index in [9.17, 15) is 4.79 Å². The van der Waals surface area contributed by atoms with Crippen LogP contribution in [0.1, 0.15) is 31.2 Å². The lowest BCUT2D eigenvalue weighted by atomic mass is 10.2. The summed E-state index contributed by atoms with van der Waals surface area (Å²) in [5, 5.41) is 3.60. The first kappa shape index (κ1) is 10.2. The van der Waals surface area contributed by atoms with Gasteiger partial charge in [-0.05, 0) is 18.6 Å². The zero-order valence-corrected chi connectivity index (χ0v) is 8.65. The van der Waals surface area contributed by atoms with Gasteiger partial charge in [-0.25, -0.2) is 0 Å². The molecule has 0 aliphatic rings. The van der Waals surface area contributed by atoms with Gasteiger partial charge in [0.15, 0.2) is 0 Å². The largest absolute Gasteiger partial charge is 0.323 e. The Bertz CT molecular complexity index is 296. The first-order valence-corrected chi connectivity index (χ1v) is 5.08. The van der Waals surface area contributed by atoms with Crippen molar-refractivity contribution in [1.29, 1.82) is 0 Å². The van der Waals surface area contributed by atoms with Gasteiger partial charge in [0.2, 0.25) is 5.91 Å². The molecule has 0 saturated carbocycles. The number of hydrogen-bond acceptors (Lipinski definition) is 3. The van der Waals surface area contributed by atoms with E-state index in [-0.39, 0.29) is 11.9 Å². The Kier molecular flexibility index (Phi) is 3.45. The van der Waals surface area contributed by atoms with Gasteiger partial charge >= 0.3 is 0 Å². The fraction of sp³-hybridized carbons (Fsp3) is 0.444. The van der Waals surface area contributed by atoms with Crippen LogP contribution in [0.2, 0.25) is 0 Å². The van der Waals surface area contributed by atoms with Gasteiger partial charge < -0.3 is 11.1 Å². The highest BCUT2D eigenvalue weighted by molar-refractivity contribution is 7.16. The first-order chi connectivity index (χ1) is 6.13. The minimum Gasteiger partial charge on any atom is -0.323 e. The van der Waals surface area contributed by atoms with Gasteiger partial charge in [-0.15, -0.1) is 11.3 Å². The van der Waals surface area contributed by atoms with Gasteiger partial charge in [-0.1, -0.05) is 6.92 Å². The van der Waals surface area contributed by atoms with Crippen LogP contribution in [0.5, 0.6) is 0 Å². The predicted octanol–water partition coefficient (Wildman–Crippen LogP) is 2.12. The van der Waals surface area contributed by atoms with Crippen molar-refractivity contribution >= 4 is 22.2 Å². The van der Waals surface area contributed by atoms with E-state index in [0.29, 0.717) is 0 Å². The summed E-state index contributed by atoms with van der Waals surface area (Å²) in [6.45, 7) is 3.54. The Labute approximate surface area is 81.9 Å². The Morgan fingerprint density at radius 3 is 2.92 bits per heavy atom. The topological polar surface area (TPSA) is 55.1 Å². The van der Waals surface area contributed by atoms with Crippen LogP contribution in [0, 0.1) is 0 Å². The molecule has 1 atom stereocenters. The molecule has 72 valence electrons. The molecule has 1 rings (SSSR count). The van der Waals surface area contributed by atoms with E-state index < -0.39 is 0 Å². The van der Waals surface area contributed by atoms with E-state index in [0.717, 1.165) is 16.3 Å². The minimum atomic E-state index is -0.0431. The van der Waals surface area contributed by atoms with Gasteiger partial charge in [-0.2, -0.15) is 0 Å². The Balaban J connectivity index is 2.68. The maximum absolute atomic E-state index is 10.7. The molecular weight excluding hydrogens is 184 g/mol. The minimum absolute atomic E-state index is 0.0431. The molecule has 0 aliphatic carbocycles. The van der Waals surface area contributed by atoms with Gasteiger partial charge in [0, 0.05) is 17.8 Å². The summed E-state index contributed by atoms with van der Waals surface area (Å²) in [5.41, 5.74) is 5.84. The number of thiophene rings is 1. The van der Waals surface area contributed by atoms with Crippen LogP contribution < -0.4 is 11.1 Å². The molecule has 0 bridgehead atoms. The third-order valence-corrected chi connectivity index (χ3v) is 2.86. The van der Waals surface area contributed by atoms with E-state index in [1.807, 2.05) is 19.1 Å². The third-order valence-electron chi connectivity index (χ3n) is 1.73. The van der Waals surface area contributed by atoms with Crippen molar-refractivity contribution in [3.05, 3.63) is 17.0 Å². The van der Waals surface area contributed by atoms with Crippen molar-refractivity contribution in [3.8, 4) is 0 Å². The van der Waals surface area contributed by atoms with Crippen LogP contribution in [0.3, 0.4) is 0 Å². The molecule has 3 N–H and O–H groups in total. The van der Waals surface area contributed by atoms with E-state index >= 15 is 0 Å². The van der Waals surface area contributed by atoms with Crippen LogP contribution in [0.15, 0.2) is 12.1 Å². The lowest BCUT2D eigenvalue weighted by Gasteiger charge is -2.03. The standard InChI is InChI=1S/C9H14N2OS/c1-3-7(10)8-4-5-9(13-8)11-6(2)12/h4-5,7H,3,10H2,1-2H3,(H,11,12)/t7-/m1/s1. The summed E-state index contributed by atoms with van der Waals surface area (Å²) in [4.78, 5) is 11.8. The SMILES string of the molecule is CC[C@@H](N)c1ccc(NC(C)=O)s1. The number of amides is 1. The van der Waals surface area contributed by atoms with Crippen LogP contribution >= 0.6 is 11.3 Å².